The van der Waals surface area contributed by atoms with Crippen LogP contribution in [0.5, 0.6) is 0 Å². The predicted molar refractivity (Wildman–Crippen MR) is 73.1 cm³/mol. The molecule has 1 heterocycles. The van der Waals surface area contributed by atoms with Gasteiger partial charge in [-0.25, -0.2) is 4.98 Å². The fraction of sp³-hybridized carbons (Fsp3) is 0.538. The average molecular weight is 287 g/mol. The summed E-state index contributed by atoms with van der Waals surface area (Å²) in [6.45, 7) is 8.58. The minimum Gasteiger partial charge on any atom is -0.348 e. The van der Waals surface area contributed by atoms with Crippen molar-refractivity contribution in [2.75, 3.05) is 0 Å². The Morgan fingerprint density at radius 3 is 2.28 bits per heavy atom. The summed E-state index contributed by atoms with van der Waals surface area (Å²) in [7, 11) is 0. The summed E-state index contributed by atoms with van der Waals surface area (Å²) in [5, 5.41) is 3.52. The maximum atomic E-state index is 12.1. The Morgan fingerprint density at radius 1 is 1.28 bits per heavy atom. The van der Waals surface area contributed by atoms with Gasteiger partial charge in [0.05, 0.1) is 10.6 Å². The summed E-state index contributed by atoms with van der Waals surface area (Å²) < 4.78 is 0. The van der Waals surface area contributed by atoms with Gasteiger partial charge in [-0.3, -0.25) is 4.79 Å². The van der Waals surface area contributed by atoms with Gasteiger partial charge in [-0.15, -0.1) is 0 Å². The summed E-state index contributed by atoms with van der Waals surface area (Å²) in [5.74, 6) is -0.162. The van der Waals surface area contributed by atoms with Crippen molar-refractivity contribution in [1.82, 2.24) is 10.3 Å². The quantitative estimate of drug-likeness (QED) is 0.845. The van der Waals surface area contributed by atoms with Gasteiger partial charge in [0.25, 0.3) is 5.91 Å². The Labute approximate surface area is 117 Å². The zero-order chi connectivity index (χ0) is 13.7. The van der Waals surface area contributed by atoms with Crippen molar-refractivity contribution in [3.05, 3.63) is 28.0 Å². The van der Waals surface area contributed by atoms with E-state index in [9.17, 15) is 4.79 Å². The van der Waals surface area contributed by atoms with Crippen LogP contribution in [-0.2, 0) is 0 Å². The summed E-state index contributed by atoms with van der Waals surface area (Å²) >= 11 is 11.6. The van der Waals surface area contributed by atoms with Gasteiger partial charge in [-0.1, -0.05) is 50.9 Å². The molecule has 0 bridgehead atoms. The zero-order valence-electron chi connectivity index (χ0n) is 10.8. The Kier molecular flexibility index (Phi) is 3.11. The summed E-state index contributed by atoms with van der Waals surface area (Å²) in [6, 6.07) is 1.70. The molecule has 0 radical (unpaired) electrons. The maximum absolute atomic E-state index is 12.1. The first-order valence-corrected chi connectivity index (χ1v) is 6.55. The van der Waals surface area contributed by atoms with Gasteiger partial charge in [0, 0.05) is 12.2 Å². The average Bonchev–Trinajstić information content (AvgIpc) is 2.65. The topological polar surface area (TPSA) is 42.0 Å². The molecule has 0 aliphatic heterocycles. The van der Waals surface area contributed by atoms with E-state index in [2.05, 4.69) is 38.0 Å². The molecule has 18 heavy (non-hydrogen) atoms. The molecule has 1 aliphatic carbocycles. The van der Waals surface area contributed by atoms with E-state index in [-0.39, 0.29) is 27.9 Å². The van der Waals surface area contributed by atoms with Crippen LogP contribution < -0.4 is 5.32 Å². The molecule has 0 atom stereocenters. The van der Waals surface area contributed by atoms with E-state index in [0.29, 0.717) is 10.6 Å². The number of pyridine rings is 1. The summed E-state index contributed by atoms with van der Waals surface area (Å²) in [4.78, 5) is 16.0. The normalized spacial score (nSPS) is 20.6. The molecule has 5 heteroatoms. The first kappa shape index (κ1) is 13.6. The third-order valence-electron chi connectivity index (χ3n) is 4.35. The number of hydrogen-bond donors (Lipinski definition) is 1. The fourth-order valence-electron chi connectivity index (χ4n) is 2.32. The van der Waals surface area contributed by atoms with Gasteiger partial charge in [0.15, 0.2) is 0 Å². The van der Waals surface area contributed by atoms with Crippen LogP contribution in [0, 0.1) is 10.8 Å². The van der Waals surface area contributed by atoms with E-state index in [4.69, 9.17) is 23.2 Å². The molecule has 0 aromatic carbocycles. The second kappa shape index (κ2) is 4.10. The van der Waals surface area contributed by atoms with Crippen LogP contribution >= 0.6 is 23.2 Å². The predicted octanol–water partition coefficient (Wildman–Crippen LogP) is 3.55. The lowest BCUT2D eigenvalue weighted by Crippen LogP contribution is -2.29. The molecule has 1 saturated carbocycles. The van der Waals surface area contributed by atoms with Crippen LogP contribution in [0.3, 0.4) is 0 Å². The highest BCUT2D eigenvalue weighted by Gasteiger charge is 2.65. The molecule has 2 rings (SSSR count). The van der Waals surface area contributed by atoms with E-state index in [1.807, 2.05) is 0 Å². The molecule has 1 fully saturated rings. The monoisotopic (exact) mass is 286 g/mol. The van der Waals surface area contributed by atoms with Crippen molar-refractivity contribution in [3.8, 4) is 0 Å². The molecule has 1 aromatic heterocycles. The fourth-order valence-corrected chi connectivity index (χ4v) is 2.59. The van der Waals surface area contributed by atoms with Crippen LogP contribution in [0.1, 0.15) is 38.1 Å². The van der Waals surface area contributed by atoms with Crippen LogP contribution in [-0.4, -0.2) is 16.9 Å². The summed E-state index contributed by atoms with van der Waals surface area (Å²) in [5.41, 5.74) is 0.640. The van der Waals surface area contributed by atoms with Crippen molar-refractivity contribution in [1.29, 1.82) is 0 Å². The molecule has 1 aromatic rings. The largest absolute Gasteiger partial charge is 0.348 e. The van der Waals surface area contributed by atoms with Crippen molar-refractivity contribution < 1.29 is 4.79 Å². The third-order valence-corrected chi connectivity index (χ3v) is 5.04. The number of amides is 1. The van der Waals surface area contributed by atoms with Crippen molar-refractivity contribution in [2.24, 2.45) is 10.8 Å². The first-order valence-electron chi connectivity index (χ1n) is 5.80. The second-order valence-corrected chi connectivity index (χ2v) is 6.61. The van der Waals surface area contributed by atoms with Crippen LogP contribution in [0.4, 0.5) is 0 Å². The lowest BCUT2D eigenvalue weighted by atomic mass is 10.0. The standard InChI is InChI=1S/C13H16Cl2N2O/c1-12(2)11(13(12,3)4)17-10(18)7-5-8(14)9(15)16-6-7/h5-6,11H,1-4H3,(H,17,18). The highest BCUT2D eigenvalue weighted by Crippen LogP contribution is 2.62. The lowest BCUT2D eigenvalue weighted by molar-refractivity contribution is 0.0943. The molecule has 1 aliphatic rings. The van der Waals surface area contributed by atoms with E-state index in [1.54, 1.807) is 0 Å². The Bertz CT molecular complexity index is 498. The van der Waals surface area contributed by atoms with Crippen LogP contribution in [0.2, 0.25) is 10.2 Å². The van der Waals surface area contributed by atoms with Gasteiger partial charge in [-0.05, 0) is 16.9 Å². The second-order valence-electron chi connectivity index (χ2n) is 5.85. The third kappa shape index (κ3) is 1.99. The van der Waals surface area contributed by atoms with Gasteiger partial charge < -0.3 is 5.32 Å². The molecule has 3 nitrogen and oxygen atoms in total. The van der Waals surface area contributed by atoms with Gasteiger partial charge in [-0.2, -0.15) is 0 Å². The number of carbonyl (C=O) groups excluding carboxylic acids is 1. The van der Waals surface area contributed by atoms with E-state index in [0.717, 1.165) is 0 Å². The van der Waals surface area contributed by atoms with E-state index >= 15 is 0 Å². The van der Waals surface area contributed by atoms with Gasteiger partial charge in [0.1, 0.15) is 5.15 Å². The van der Waals surface area contributed by atoms with Crippen molar-refractivity contribution in [2.45, 2.75) is 33.7 Å². The molecule has 0 saturated heterocycles. The number of rotatable bonds is 2. The number of halogens is 2. The number of carbonyl (C=O) groups is 1. The number of nitrogens with one attached hydrogen (secondary N) is 1. The minimum absolute atomic E-state index is 0.103. The SMILES string of the molecule is CC1(C)C(NC(=O)c2cnc(Cl)c(Cl)c2)C1(C)C. The highest BCUT2D eigenvalue weighted by molar-refractivity contribution is 6.41. The van der Waals surface area contributed by atoms with E-state index < -0.39 is 0 Å². The molecule has 1 N–H and O–H groups in total. The summed E-state index contributed by atoms with van der Waals surface area (Å²) in [6.07, 6.45) is 1.44. The molecular formula is C13H16Cl2N2O. The van der Waals surface area contributed by atoms with Gasteiger partial charge >= 0.3 is 0 Å². The van der Waals surface area contributed by atoms with Crippen molar-refractivity contribution in [3.63, 3.8) is 0 Å². The van der Waals surface area contributed by atoms with E-state index in [1.165, 1.54) is 12.3 Å². The molecule has 0 spiro atoms. The number of nitrogens with zero attached hydrogens (tertiary/aromatic N) is 1. The maximum Gasteiger partial charge on any atom is 0.253 e. The zero-order valence-corrected chi connectivity index (χ0v) is 12.4. The number of aromatic nitrogens is 1. The number of hydrogen-bond acceptors (Lipinski definition) is 2. The van der Waals surface area contributed by atoms with Crippen LogP contribution in [0.25, 0.3) is 0 Å². The molecule has 0 unspecified atom stereocenters. The Hall–Kier alpha value is -0.800. The first-order chi connectivity index (χ1) is 8.18. The smallest absolute Gasteiger partial charge is 0.253 e. The minimum atomic E-state index is -0.162. The molecular weight excluding hydrogens is 271 g/mol. The van der Waals surface area contributed by atoms with Crippen LogP contribution in [0.15, 0.2) is 12.3 Å². The molecule has 98 valence electrons. The van der Waals surface area contributed by atoms with Crippen molar-refractivity contribution >= 4 is 29.1 Å². The Morgan fingerprint density at radius 2 is 1.83 bits per heavy atom. The highest BCUT2D eigenvalue weighted by atomic mass is 35.5. The van der Waals surface area contributed by atoms with Gasteiger partial charge in [0.2, 0.25) is 0 Å². The Balaban J connectivity index is 2.12. The molecule has 1 amide bonds. The lowest BCUT2D eigenvalue weighted by Gasteiger charge is -2.07.